The average Bonchev–Trinajstić information content (AvgIpc) is 2.70. The van der Waals surface area contributed by atoms with Crippen LogP contribution in [0.15, 0.2) is 39.4 Å². The van der Waals surface area contributed by atoms with Crippen LogP contribution in [0, 0.1) is 13.8 Å². The van der Waals surface area contributed by atoms with Gasteiger partial charge in [-0.2, -0.15) is 0 Å². The number of benzene rings is 1. The molecule has 3 heteroatoms. The average molecular weight is 294 g/mol. The zero-order valence-electron chi connectivity index (χ0n) is 10.3. The Bertz CT molecular complexity index is 519. The SMILES string of the molecule is Cc1ccc(C)c(NC(C)c2ccc(Br)o2)c1. The van der Waals surface area contributed by atoms with Gasteiger partial charge in [0.2, 0.25) is 0 Å². The molecule has 0 aliphatic rings. The molecule has 2 aromatic rings. The summed E-state index contributed by atoms with van der Waals surface area (Å²) >= 11 is 3.32. The van der Waals surface area contributed by atoms with Gasteiger partial charge in [0, 0.05) is 5.69 Å². The molecule has 0 fully saturated rings. The highest BCUT2D eigenvalue weighted by Crippen LogP contribution is 2.25. The van der Waals surface area contributed by atoms with Gasteiger partial charge in [0.25, 0.3) is 0 Å². The van der Waals surface area contributed by atoms with Crippen molar-refractivity contribution in [1.82, 2.24) is 0 Å². The van der Waals surface area contributed by atoms with Crippen LogP contribution < -0.4 is 5.32 Å². The van der Waals surface area contributed by atoms with Crippen LogP contribution in [0.5, 0.6) is 0 Å². The molecule has 0 aliphatic heterocycles. The van der Waals surface area contributed by atoms with Gasteiger partial charge in [-0.1, -0.05) is 12.1 Å². The van der Waals surface area contributed by atoms with E-state index in [-0.39, 0.29) is 6.04 Å². The normalized spacial score (nSPS) is 12.5. The first-order valence-corrected chi connectivity index (χ1v) is 6.44. The zero-order chi connectivity index (χ0) is 12.4. The third-order valence-electron chi connectivity index (χ3n) is 2.79. The summed E-state index contributed by atoms with van der Waals surface area (Å²) in [6.07, 6.45) is 0. The van der Waals surface area contributed by atoms with E-state index in [1.807, 2.05) is 12.1 Å². The van der Waals surface area contributed by atoms with E-state index in [1.165, 1.54) is 11.1 Å². The number of rotatable bonds is 3. The van der Waals surface area contributed by atoms with E-state index in [0.29, 0.717) is 0 Å². The van der Waals surface area contributed by atoms with Crippen LogP contribution in [0.1, 0.15) is 29.9 Å². The first-order chi connectivity index (χ1) is 8.06. The lowest BCUT2D eigenvalue weighted by Crippen LogP contribution is -2.06. The van der Waals surface area contributed by atoms with Gasteiger partial charge in [-0.25, -0.2) is 0 Å². The molecule has 1 aromatic carbocycles. The van der Waals surface area contributed by atoms with E-state index in [0.717, 1.165) is 16.1 Å². The van der Waals surface area contributed by atoms with Crippen molar-refractivity contribution in [3.8, 4) is 0 Å². The highest BCUT2D eigenvalue weighted by Gasteiger charge is 2.10. The summed E-state index contributed by atoms with van der Waals surface area (Å²) in [5.41, 5.74) is 3.66. The Labute approximate surface area is 110 Å². The van der Waals surface area contributed by atoms with Crippen molar-refractivity contribution >= 4 is 21.6 Å². The molecular weight excluding hydrogens is 278 g/mol. The molecule has 1 atom stereocenters. The molecule has 17 heavy (non-hydrogen) atoms. The molecule has 1 heterocycles. The van der Waals surface area contributed by atoms with Gasteiger partial charge in [-0.15, -0.1) is 0 Å². The van der Waals surface area contributed by atoms with Crippen LogP contribution in [0.3, 0.4) is 0 Å². The molecule has 2 rings (SSSR count). The fourth-order valence-electron chi connectivity index (χ4n) is 1.76. The summed E-state index contributed by atoms with van der Waals surface area (Å²) in [5.74, 6) is 0.929. The van der Waals surface area contributed by atoms with Gasteiger partial charge in [0.15, 0.2) is 4.67 Å². The fraction of sp³-hybridized carbons (Fsp3) is 0.286. The van der Waals surface area contributed by atoms with E-state index < -0.39 is 0 Å². The molecule has 1 unspecified atom stereocenters. The maximum Gasteiger partial charge on any atom is 0.169 e. The maximum absolute atomic E-state index is 5.54. The fourth-order valence-corrected chi connectivity index (χ4v) is 2.08. The van der Waals surface area contributed by atoms with E-state index in [9.17, 15) is 0 Å². The lowest BCUT2D eigenvalue weighted by Gasteiger charge is -2.15. The minimum atomic E-state index is 0.154. The first-order valence-electron chi connectivity index (χ1n) is 5.65. The standard InChI is InChI=1S/C14H16BrNO/c1-9-4-5-10(2)12(8-9)16-11(3)13-6-7-14(15)17-13/h4-8,11,16H,1-3H3. The molecular formula is C14H16BrNO. The summed E-state index contributed by atoms with van der Waals surface area (Å²) in [4.78, 5) is 0. The predicted octanol–water partition coefficient (Wildman–Crippen LogP) is 4.83. The predicted molar refractivity (Wildman–Crippen MR) is 74.4 cm³/mol. The minimum absolute atomic E-state index is 0.154. The third-order valence-corrected chi connectivity index (χ3v) is 3.21. The van der Waals surface area contributed by atoms with Crippen LogP contribution in [0.25, 0.3) is 0 Å². The highest BCUT2D eigenvalue weighted by molar-refractivity contribution is 9.10. The molecule has 0 saturated heterocycles. The van der Waals surface area contributed by atoms with E-state index >= 15 is 0 Å². The van der Waals surface area contributed by atoms with E-state index in [2.05, 4.69) is 60.2 Å². The molecule has 0 saturated carbocycles. The zero-order valence-corrected chi connectivity index (χ0v) is 11.8. The second kappa shape index (κ2) is 4.96. The number of hydrogen-bond donors (Lipinski definition) is 1. The van der Waals surface area contributed by atoms with E-state index in [1.54, 1.807) is 0 Å². The molecule has 0 spiro atoms. The number of furan rings is 1. The molecule has 0 radical (unpaired) electrons. The second-order valence-electron chi connectivity index (χ2n) is 4.33. The largest absolute Gasteiger partial charge is 0.452 e. The van der Waals surface area contributed by atoms with Crippen LogP contribution in [-0.2, 0) is 0 Å². The summed E-state index contributed by atoms with van der Waals surface area (Å²) in [7, 11) is 0. The Morgan fingerprint density at radius 3 is 2.59 bits per heavy atom. The summed E-state index contributed by atoms with van der Waals surface area (Å²) < 4.78 is 6.31. The van der Waals surface area contributed by atoms with Crippen LogP contribution in [-0.4, -0.2) is 0 Å². The van der Waals surface area contributed by atoms with Crippen LogP contribution in [0.2, 0.25) is 0 Å². The first kappa shape index (κ1) is 12.2. The Morgan fingerprint density at radius 2 is 1.94 bits per heavy atom. The van der Waals surface area contributed by atoms with Gasteiger partial charge in [0.1, 0.15) is 5.76 Å². The summed E-state index contributed by atoms with van der Waals surface area (Å²) in [5, 5.41) is 3.47. The van der Waals surface area contributed by atoms with Crippen molar-refractivity contribution < 1.29 is 4.42 Å². The number of halogens is 1. The molecule has 0 bridgehead atoms. The number of anilines is 1. The topological polar surface area (TPSA) is 25.2 Å². The Balaban J connectivity index is 2.18. The van der Waals surface area contributed by atoms with Gasteiger partial charge in [-0.3, -0.25) is 0 Å². The highest BCUT2D eigenvalue weighted by atomic mass is 79.9. The number of hydrogen-bond acceptors (Lipinski definition) is 2. The molecule has 1 N–H and O–H groups in total. The van der Waals surface area contributed by atoms with Crippen molar-refractivity contribution in [1.29, 1.82) is 0 Å². The Hall–Kier alpha value is -1.22. The number of aryl methyl sites for hydroxylation is 2. The lowest BCUT2D eigenvalue weighted by atomic mass is 10.1. The van der Waals surface area contributed by atoms with Crippen molar-refractivity contribution in [3.05, 3.63) is 51.9 Å². The molecule has 0 amide bonds. The monoisotopic (exact) mass is 293 g/mol. The molecule has 2 nitrogen and oxygen atoms in total. The lowest BCUT2D eigenvalue weighted by molar-refractivity contribution is 0.471. The summed E-state index contributed by atoms with van der Waals surface area (Å²) in [6, 6.07) is 10.5. The van der Waals surface area contributed by atoms with Gasteiger partial charge < -0.3 is 9.73 Å². The van der Waals surface area contributed by atoms with Crippen molar-refractivity contribution in [2.24, 2.45) is 0 Å². The minimum Gasteiger partial charge on any atom is -0.452 e. The van der Waals surface area contributed by atoms with Crippen LogP contribution in [0.4, 0.5) is 5.69 Å². The smallest absolute Gasteiger partial charge is 0.169 e. The van der Waals surface area contributed by atoms with Crippen molar-refractivity contribution in [2.75, 3.05) is 5.32 Å². The quantitative estimate of drug-likeness (QED) is 0.877. The van der Waals surface area contributed by atoms with Crippen molar-refractivity contribution in [3.63, 3.8) is 0 Å². The van der Waals surface area contributed by atoms with Crippen LogP contribution >= 0.6 is 15.9 Å². The number of nitrogens with one attached hydrogen (secondary N) is 1. The Morgan fingerprint density at radius 1 is 1.18 bits per heavy atom. The van der Waals surface area contributed by atoms with Crippen molar-refractivity contribution in [2.45, 2.75) is 26.8 Å². The molecule has 1 aromatic heterocycles. The molecule has 90 valence electrons. The summed E-state index contributed by atoms with van der Waals surface area (Å²) in [6.45, 7) is 6.29. The molecule has 0 aliphatic carbocycles. The van der Waals surface area contributed by atoms with E-state index in [4.69, 9.17) is 4.42 Å². The Kier molecular flexibility index (Phi) is 3.57. The second-order valence-corrected chi connectivity index (χ2v) is 5.11. The van der Waals surface area contributed by atoms with Gasteiger partial charge in [-0.05, 0) is 66.0 Å². The van der Waals surface area contributed by atoms with Gasteiger partial charge in [0.05, 0.1) is 6.04 Å². The maximum atomic E-state index is 5.54. The third kappa shape index (κ3) is 2.91. The van der Waals surface area contributed by atoms with Gasteiger partial charge >= 0.3 is 0 Å².